The minimum atomic E-state index is -0.238. The van der Waals surface area contributed by atoms with Gasteiger partial charge in [0.15, 0.2) is 0 Å². The van der Waals surface area contributed by atoms with Crippen molar-refractivity contribution in [2.45, 2.75) is 20.4 Å². The molecule has 0 aliphatic carbocycles. The molecule has 0 atom stereocenters. The molecule has 0 spiro atoms. The van der Waals surface area contributed by atoms with Gasteiger partial charge in [0.2, 0.25) is 0 Å². The van der Waals surface area contributed by atoms with Crippen LogP contribution in [0, 0.1) is 13.8 Å². The summed E-state index contributed by atoms with van der Waals surface area (Å²) in [6.07, 6.45) is 0. The van der Waals surface area contributed by atoms with E-state index in [9.17, 15) is 9.59 Å². The lowest BCUT2D eigenvalue weighted by Crippen LogP contribution is -2.23. The Morgan fingerprint density at radius 1 is 0.778 bits per heavy atom. The first-order valence-electron chi connectivity index (χ1n) is 8.84. The number of amides is 2. The van der Waals surface area contributed by atoms with Crippen molar-refractivity contribution in [1.29, 1.82) is 0 Å². The van der Waals surface area contributed by atoms with E-state index in [4.69, 9.17) is 0 Å². The second-order valence-corrected chi connectivity index (χ2v) is 6.52. The fourth-order valence-corrected chi connectivity index (χ4v) is 2.70. The fourth-order valence-electron chi connectivity index (χ4n) is 2.70. The van der Waals surface area contributed by atoms with Gasteiger partial charge in [0.1, 0.15) is 0 Å². The third-order valence-corrected chi connectivity index (χ3v) is 4.35. The van der Waals surface area contributed by atoms with Crippen LogP contribution in [0.2, 0.25) is 0 Å². The highest BCUT2D eigenvalue weighted by molar-refractivity contribution is 6.06. The molecule has 3 aromatic carbocycles. The van der Waals surface area contributed by atoms with Gasteiger partial charge in [-0.3, -0.25) is 9.59 Å². The maximum absolute atomic E-state index is 12.5. The number of benzene rings is 3. The monoisotopic (exact) mass is 358 g/mol. The first-order valence-corrected chi connectivity index (χ1v) is 8.84. The van der Waals surface area contributed by atoms with Gasteiger partial charge >= 0.3 is 0 Å². The molecule has 0 aliphatic heterocycles. The third-order valence-electron chi connectivity index (χ3n) is 4.35. The molecule has 27 heavy (non-hydrogen) atoms. The van der Waals surface area contributed by atoms with Crippen LogP contribution in [0.4, 0.5) is 5.69 Å². The van der Waals surface area contributed by atoms with Crippen molar-refractivity contribution in [2.24, 2.45) is 0 Å². The zero-order valence-corrected chi connectivity index (χ0v) is 15.5. The van der Waals surface area contributed by atoms with E-state index in [0.717, 1.165) is 16.8 Å². The van der Waals surface area contributed by atoms with Crippen LogP contribution in [0.15, 0.2) is 72.8 Å². The van der Waals surface area contributed by atoms with Crippen LogP contribution >= 0.6 is 0 Å². The Labute approximate surface area is 159 Å². The first-order chi connectivity index (χ1) is 13.0. The van der Waals surface area contributed by atoms with E-state index in [1.807, 2.05) is 62.4 Å². The number of carbonyl (C=O) groups is 2. The average molecular weight is 358 g/mol. The molecule has 0 aromatic heterocycles. The lowest BCUT2D eigenvalue weighted by atomic mass is 10.1. The van der Waals surface area contributed by atoms with E-state index < -0.39 is 0 Å². The van der Waals surface area contributed by atoms with Crippen LogP contribution in [0.5, 0.6) is 0 Å². The van der Waals surface area contributed by atoms with Gasteiger partial charge < -0.3 is 10.6 Å². The molecule has 3 aromatic rings. The van der Waals surface area contributed by atoms with E-state index in [1.165, 1.54) is 5.56 Å². The number of rotatable bonds is 5. The Bertz CT molecular complexity index is 962. The van der Waals surface area contributed by atoms with Gasteiger partial charge in [0, 0.05) is 23.4 Å². The van der Waals surface area contributed by atoms with Crippen molar-refractivity contribution in [1.82, 2.24) is 5.32 Å². The Balaban J connectivity index is 1.67. The summed E-state index contributed by atoms with van der Waals surface area (Å²) in [7, 11) is 0. The lowest BCUT2D eigenvalue weighted by Gasteiger charge is -2.10. The molecule has 0 heterocycles. The van der Waals surface area contributed by atoms with Crippen molar-refractivity contribution in [2.75, 3.05) is 5.32 Å². The summed E-state index contributed by atoms with van der Waals surface area (Å²) in [6, 6.07) is 22.3. The third kappa shape index (κ3) is 4.82. The van der Waals surface area contributed by atoms with Gasteiger partial charge in [-0.05, 0) is 49.2 Å². The first kappa shape index (κ1) is 18.4. The van der Waals surface area contributed by atoms with Gasteiger partial charge in [-0.2, -0.15) is 0 Å². The number of hydrogen-bond donors (Lipinski definition) is 2. The van der Waals surface area contributed by atoms with Gasteiger partial charge in [0.05, 0.1) is 0 Å². The highest BCUT2D eigenvalue weighted by Gasteiger charge is 2.11. The topological polar surface area (TPSA) is 58.2 Å². The van der Waals surface area contributed by atoms with Crippen LogP contribution in [0.3, 0.4) is 0 Å². The molecule has 0 bridgehead atoms. The molecule has 0 saturated carbocycles. The molecule has 0 saturated heterocycles. The van der Waals surface area contributed by atoms with Crippen LogP contribution in [0.1, 0.15) is 37.4 Å². The summed E-state index contributed by atoms with van der Waals surface area (Å²) in [5, 5.41) is 5.77. The van der Waals surface area contributed by atoms with Crippen LogP contribution in [-0.4, -0.2) is 11.8 Å². The largest absolute Gasteiger partial charge is 0.348 e. The van der Waals surface area contributed by atoms with Crippen molar-refractivity contribution in [3.05, 3.63) is 101 Å². The Hall–Kier alpha value is -3.40. The summed E-state index contributed by atoms with van der Waals surface area (Å²) >= 11 is 0. The average Bonchev–Trinajstić information content (AvgIpc) is 2.69. The van der Waals surface area contributed by atoms with E-state index in [-0.39, 0.29) is 11.8 Å². The second-order valence-electron chi connectivity index (χ2n) is 6.52. The molecule has 0 fully saturated rings. The van der Waals surface area contributed by atoms with E-state index >= 15 is 0 Å². The van der Waals surface area contributed by atoms with Crippen LogP contribution in [-0.2, 0) is 6.54 Å². The molecule has 0 radical (unpaired) electrons. The molecule has 0 unspecified atom stereocenters. The fraction of sp³-hybridized carbons (Fsp3) is 0.130. The number of anilines is 1. The molecule has 2 amide bonds. The SMILES string of the molecule is Cc1ccc(CNC(=O)c2cccc(C(=O)Nc3ccccc3C)c2)cc1. The van der Waals surface area contributed by atoms with Crippen LogP contribution in [0.25, 0.3) is 0 Å². The van der Waals surface area contributed by atoms with Crippen LogP contribution < -0.4 is 10.6 Å². The summed E-state index contributed by atoms with van der Waals surface area (Å²) in [5.74, 6) is -0.446. The predicted octanol–water partition coefficient (Wildman–Crippen LogP) is 4.49. The van der Waals surface area contributed by atoms with Gasteiger partial charge in [0.25, 0.3) is 11.8 Å². The number of nitrogens with one attached hydrogen (secondary N) is 2. The Morgan fingerprint density at radius 2 is 1.44 bits per heavy atom. The minimum absolute atomic E-state index is 0.207. The molecule has 4 heteroatoms. The lowest BCUT2D eigenvalue weighted by molar-refractivity contribution is 0.0951. The summed E-state index contributed by atoms with van der Waals surface area (Å²) < 4.78 is 0. The molecule has 136 valence electrons. The molecule has 4 nitrogen and oxygen atoms in total. The minimum Gasteiger partial charge on any atom is -0.348 e. The molecule has 2 N–H and O–H groups in total. The second kappa shape index (κ2) is 8.32. The summed E-state index contributed by atoms with van der Waals surface area (Å²) in [5.41, 5.74) is 4.86. The van der Waals surface area contributed by atoms with E-state index in [2.05, 4.69) is 10.6 Å². The van der Waals surface area contributed by atoms with E-state index in [0.29, 0.717) is 17.7 Å². The van der Waals surface area contributed by atoms with Gasteiger partial charge in [-0.25, -0.2) is 0 Å². The van der Waals surface area contributed by atoms with Crippen molar-refractivity contribution in [3.8, 4) is 0 Å². The van der Waals surface area contributed by atoms with Crippen molar-refractivity contribution >= 4 is 17.5 Å². The molecule has 0 aliphatic rings. The van der Waals surface area contributed by atoms with E-state index in [1.54, 1.807) is 24.3 Å². The van der Waals surface area contributed by atoms with Crippen molar-refractivity contribution < 1.29 is 9.59 Å². The van der Waals surface area contributed by atoms with Crippen molar-refractivity contribution in [3.63, 3.8) is 0 Å². The number of hydrogen-bond acceptors (Lipinski definition) is 2. The number of para-hydroxylation sites is 1. The highest BCUT2D eigenvalue weighted by atomic mass is 16.2. The number of aryl methyl sites for hydroxylation is 2. The summed E-state index contributed by atoms with van der Waals surface area (Å²) in [4.78, 5) is 24.9. The number of carbonyl (C=O) groups excluding carboxylic acids is 2. The maximum Gasteiger partial charge on any atom is 0.255 e. The normalized spacial score (nSPS) is 10.3. The molecular weight excluding hydrogens is 336 g/mol. The zero-order valence-electron chi connectivity index (χ0n) is 15.5. The predicted molar refractivity (Wildman–Crippen MR) is 108 cm³/mol. The Morgan fingerprint density at radius 3 is 2.15 bits per heavy atom. The molecular formula is C23H22N2O2. The smallest absolute Gasteiger partial charge is 0.255 e. The zero-order chi connectivity index (χ0) is 19.2. The quantitative estimate of drug-likeness (QED) is 0.706. The van der Waals surface area contributed by atoms with Gasteiger partial charge in [-0.15, -0.1) is 0 Å². The standard InChI is InChI=1S/C23H22N2O2/c1-16-10-12-18(13-11-16)15-24-22(26)19-7-5-8-20(14-19)23(27)25-21-9-4-3-6-17(21)2/h3-14H,15H2,1-2H3,(H,24,26)(H,25,27). The Kier molecular flexibility index (Phi) is 5.67. The highest BCUT2D eigenvalue weighted by Crippen LogP contribution is 2.15. The molecule has 3 rings (SSSR count). The maximum atomic E-state index is 12.5. The summed E-state index contributed by atoms with van der Waals surface area (Å²) in [6.45, 7) is 4.40. The van der Waals surface area contributed by atoms with Gasteiger partial charge in [-0.1, -0.05) is 54.1 Å².